The van der Waals surface area contributed by atoms with Crippen molar-refractivity contribution in [2.45, 2.75) is 12.5 Å². The summed E-state index contributed by atoms with van der Waals surface area (Å²) in [5.74, 6) is -0.345. The quantitative estimate of drug-likeness (QED) is 0.553. The zero-order valence-electron chi connectivity index (χ0n) is 8.84. The Hall–Kier alpha value is -2.04. The molecule has 0 spiro atoms. The molecular formula is C11H13NO4. The molecule has 0 fully saturated rings. The van der Waals surface area contributed by atoms with Crippen LogP contribution in [0.15, 0.2) is 24.3 Å². The third kappa shape index (κ3) is 3.27. The maximum Gasteiger partial charge on any atom is 0.328 e. The fraction of sp³-hybridized carbons (Fsp3) is 0.273. The van der Waals surface area contributed by atoms with E-state index < -0.39 is 12.0 Å². The van der Waals surface area contributed by atoms with Gasteiger partial charge in [0, 0.05) is 6.42 Å². The predicted octanol–water partition coefficient (Wildman–Crippen LogP) is 0.222. The molecule has 86 valence electrons. The minimum Gasteiger partial charge on any atom is -0.508 e. The molecular weight excluding hydrogens is 210 g/mol. The van der Waals surface area contributed by atoms with Gasteiger partial charge in [-0.3, -0.25) is 4.79 Å². The molecule has 0 saturated heterocycles. The van der Waals surface area contributed by atoms with Gasteiger partial charge in [0.15, 0.2) is 0 Å². The summed E-state index contributed by atoms with van der Waals surface area (Å²) in [7, 11) is 1.26. The molecule has 0 aliphatic rings. The van der Waals surface area contributed by atoms with Crippen molar-refractivity contribution >= 4 is 12.4 Å². The standard InChI is InChI=1S/C11H13NO4/c1-16-11(15)10(12-7-13)6-8-2-4-9(14)5-3-8/h2-5,7,10,14H,6H2,1H3,(H,12,13). The van der Waals surface area contributed by atoms with E-state index in [9.17, 15) is 9.59 Å². The third-order valence-electron chi connectivity index (χ3n) is 2.13. The van der Waals surface area contributed by atoms with Crippen molar-refractivity contribution in [3.05, 3.63) is 29.8 Å². The Morgan fingerprint density at radius 1 is 1.50 bits per heavy atom. The zero-order chi connectivity index (χ0) is 12.0. The number of nitrogens with one attached hydrogen (secondary N) is 1. The van der Waals surface area contributed by atoms with E-state index in [0.29, 0.717) is 12.8 Å². The number of carbonyl (C=O) groups is 2. The number of ether oxygens (including phenoxy) is 1. The van der Waals surface area contributed by atoms with Gasteiger partial charge in [-0.2, -0.15) is 0 Å². The van der Waals surface area contributed by atoms with E-state index in [0.717, 1.165) is 5.56 Å². The van der Waals surface area contributed by atoms with Crippen LogP contribution in [-0.2, 0) is 20.7 Å². The molecule has 1 rings (SSSR count). The number of rotatable bonds is 5. The molecule has 2 N–H and O–H groups in total. The number of phenolic OH excluding ortho intramolecular Hbond substituents is 1. The topological polar surface area (TPSA) is 75.6 Å². The van der Waals surface area contributed by atoms with Crippen molar-refractivity contribution in [2.75, 3.05) is 7.11 Å². The van der Waals surface area contributed by atoms with Crippen LogP contribution < -0.4 is 5.32 Å². The molecule has 16 heavy (non-hydrogen) atoms. The largest absolute Gasteiger partial charge is 0.508 e. The van der Waals surface area contributed by atoms with Gasteiger partial charge in [-0.1, -0.05) is 12.1 Å². The van der Waals surface area contributed by atoms with Crippen LogP contribution in [0.3, 0.4) is 0 Å². The van der Waals surface area contributed by atoms with Crippen molar-refractivity contribution in [1.82, 2.24) is 5.32 Å². The number of phenols is 1. The highest BCUT2D eigenvalue weighted by Crippen LogP contribution is 2.11. The maximum absolute atomic E-state index is 11.3. The van der Waals surface area contributed by atoms with E-state index in [1.165, 1.54) is 19.2 Å². The van der Waals surface area contributed by atoms with Gasteiger partial charge in [0.1, 0.15) is 11.8 Å². The number of hydrogen-bond donors (Lipinski definition) is 2. The van der Waals surface area contributed by atoms with Gasteiger partial charge in [-0.15, -0.1) is 0 Å². The van der Waals surface area contributed by atoms with Crippen LogP contribution in [0.2, 0.25) is 0 Å². The first-order valence-electron chi connectivity index (χ1n) is 4.72. The fourth-order valence-electron chi connectivity index (χ4n) is 1.30. The zero-order valence-corrected chi connectivity index (χ0v) is 8.84. The van der Waals surface area contributed by atoms with Crippen LogP contribution in [0, 0.1) is 0 Å². The number of hydrogen-bond acceptors (Lipinski definition) is 4. The van der Waals surface area contributed by atoms with Crippen LogP contribution in [0.1, 0.15) is 5.56 Å². The number of aromatic hydroxyl groups is 1. The summed E-state index contributed by atoms with van der Waals surface area (Å²) < 4.78 is 4.55. The monoisotopic (exact) mass is 223 g/mol. The summed E-state index contributed by atoms with van der Waals surface area (Å²) in [6, 6.07) is 5.69. The lowest BCUT2D eigenvalue weighted by Crippen LogP contribution is -2.38. The lowest BCUT2D eigenvalue weighted by molar-refractivity contribution is -0.144. The molecule has 1 unspecified atom stereocenters. The SMILES string of the molecule is COC(=O)C(Cc1ccc(O)cc1)NC=O. The number of esters is 1. The fourth-order valence-corrected chi connectivity index (χ4v) is 1.30. The molecule has 1 atom stereocenters. The molecule has 5 nitrogen and oxygen atoms in total. The predicted molar refractivity (Wildman–Crippen MR) is 56.8 cm³/mol. The first kappa shape index (κ1) is 12.0. The minimum atomic E-state index is -0.702. The first-order valence-corrected chi connectivity index (χ1v) is 4.72. The molecule has 0 bridgehead atoms. The second-order valence-corrected chi connectivity index (χ2v) is 3.23. The Kier molecular flexibility index (Phi) is 4.32. The lowest BCUT2D eigenvalue weighted by atomic mass is 10.1. The second-order valence-electron chi connectivity index (χ2n) is 3.23. The average Bonchev–Trinajstić information content (AvgIpc) is 2.30. The van der Waals surface area contributed by atoms with E-state index >= 15 is 0 Å². The molecule has 1 amide bonds. The van der Waals surface area contributed by atoms with E-state index in [-0.39, 0.29) is 5.75 Å². The molecule has 0 heterocycles. The Morgan fingerprint density at radius 3 is 2.62 bits per heavy atom. The maximum atomic E-state index is 11.3. The number of methoxy groups -OCH3 is 1. The highest BCUT2D eigenvalue weighted by atomic mass is 16.5. The average molecular weight is 223 g/mol. The van der Waals surface area contributed by atoms with Gasteiger partial charge >= 0.3 is 5.97 Å². The van der Waals surface area contributed by atoms with Crippen LogP contribution in [-0.4, -0.2) is 30.6 Å². The van der Waals surface area contributed by atoms with E-state index in [1.807, 2.05) is 0 Å². The first-order chi connectivity index (χ1) is 7.67. The van der Waals surface area contributed by atoms with Crippen molar-refractivity contribution in [2.24, 2.45) is 0 Å². The summed E-state index contributed by atoms with van der Waals surface area (Å²) in [4.78, 5) is 21.6. The molecule has 5 heteroatoms. The molecule has 1 aromatic rings. The van der Waals surface area contributed by atoms with Gasteiger partial charge in [-0.05, 0) is 17.7 Å². The summed E-state index contributed by atoms with van der Waals surface area (Å²) in [5, 5.41) is 11.5. The molecule has 0 radical (unpaired) electrons. The molecule has 0 aliphatic heterocycles. The minimum absolute atomic E-state index is 0.154. The Balaban J connectivity index is 2.71. The molecule has 0 saturated carbocycles. The van der Waals surface area contributed by atoms with Crippen LogP contribution >= 0.6 is 0 Å². The highest BCUT2D eigenvalue weighted by molar-refractivity contribution is 5.78. The Labute approximate surface area is 93.0 Å². The Morgan fingerprint density at radius 2 is 2.12 bits per heavy atom. The smallest absolute Gasteiger partial charge is 0.328 e. The summed E-state index contributed by atoms with van der Waals surface area (Å²) in [6.07, 6.45) is 0.785. The highest BCUT2D eigenvalue weighted by Gasteiger charge is 2.18. The molecule has 0 aliphatic carbocycles. The van der Waals surface area contributed by atoms with Crippen molar-refractivity contribution in [1.29, 1.82) is 0 Å². The van der Waals surface area contributed by atoms with Crippen LogP contribution in [0.5, 0.6) is 5.75 Å². The van der Waals surface area contributed by atoms with E-state index in [2.05, 4.69) is 10.1 Å². The van der Waals surface area contributed by atoms with Gasteiger partial charge in [0.25, 0.3) is 0 Å². The van der Waals surface area contributed by atoms with E-state index in [4.69, 9.17) is 5.11 Å². The second kappa shape index (κ2) is 5.75. The van der Waals surface area contributed by atoms with Crippen LogP contribution in [0.25, 0.3) is 0 Å². The number of carbonyl (C=O) groups excluding carboxylic acids is 2. The van der Waals surface area contributed by atoms with Gasteiger partial charge in [0.2, 0.25) is 6.41 Å². The lowest BCUT2D eigenvalue weighted by Gasteiger charge is -2.13. The third-order valence-corrected chi connectivity index (χ3v) is 2.13. The number of amides is 1. The summed E-state index contributed by atoms with van der Waals surface area (Å²) in [5.41, 5.74) is 0.822. The van der Waals surface area contributed by atoms with Gasteiger partial charge < -0.3 is 15.2 Å². The van der Waals surface area contributed by atoms with Crippen molar-refractivity contribution in [3.8, 4) is 5.75 Å². The van der Waals surface area contributed by atoms with Gasteiger partial charge in [0.05, 0.1) is 7.11 Å². The van der Waals surface area contributed by atoms with Crippen molar-refractivity contribution in [3.63, 3.8) is 0 Å². The molecule has 1 aromatic carbocycles. The number of benzene rings is 1. The molecule has 0 aromatic heterocycles. The van der Waals surface area contributed by atoms with Crippen LogP contribution in [0.4, 0.5) is 0 Å². The summed E-state index contributed by atoms with van der Waals surface area (Å²) in [6.45, 7) is 0. The van der Waals surface area contributed by atoms with Gasteiger partial charge in [-0.25, -0.2) is 4.79 Å². The van der Waals surface area contributed by atoms with Crippen molar-refractivity contribution < 1.29 is 19.4 Å². The van der Waals surface area contributed by atoms with E-state index in [1.54, 1.807) is 12.1 Å². The normalized spacial score (nSPS) is 11.6. The summed E-state index contributed by atoms with van der Waals surface area (Å²) >= 11 is 0. The Bertz CT molecular complexity index is 361.